The molecule has 4 rings (SSSR count). The molecule has 0 aliphatic carbocycles. The van der Waals surface area contributed by atoms with Crippen molar-refractivity contribution in [2.24, 2.45) is 5.73 Å². The largest absolute Gasteiger partial charge is 0.368 e. The van der Waals surface area contributed by atoms with Gasteiger partial charge in [0.1, 0.15) is 11.9 Å². The number of halogens is 1. The van der Waals surface area contributed by atoms with E-state index in [-0.39, 0.29) is 6.42 Å². The van der Waals surface area contributed by atoms with Crippen molar-refractivity contribution < 1.29 is 14.0 Å². The molecule has 4 aromatic rings. The van der Waals surface area contributed by atoms with E-state index in [9.17, 15) is 14.0 Å². The normalized spacial score (nSPS) is 12.0. The maximum absolute atomic E-state index is 14.0. The number of fused-ring (bicyclic) bond motifs is 2. The molecule has 2 amide bonds. The van der Waals surface area contributed by atoms with Crippen molar-refractivity contribution in [3.8, 4) is 0 Å². The minimum absolute atomic E-state index is 0.0174. The van der Waals surface area contributed by atoms with Crippen LogP contribution in [0, 0.1) is 5.82 Å². The molecule has 1 atom stereocenters. The Hall–Kier alpha value is -3.73. The Balaban J connectivity index is 1.75. The summed E-state index contributed by atoms with van der Waals surface area (Å²) in [5, 5.41) is 6.10. The van der Waals surface area contributed by atoms with Crippen LogP contribution in [0.25, 0.3) is 21.5 Å². The van der Waals surface area contributed by atoms with Gasteiger partial charge in [-0.05, 0) is 39.2 Å². The van der Waals surface area contributed by atoms with Crippen molar-refractivity contribution in [1.29, 1.82) is 0 Å². The van der Waals surface area contributed by atoms with Crippen LogP contribution in [-0.2, 0) is 11.2 Å². The number of carbonyl (C=O) groups is 2. The van der Waals surface area contributed by atoms with E-state index in [0.29, 0.717) is 11.1 Å². The van der Waals surface area contributed by atoms with Gasteiger partial charge >= 0.3 is 0 Å². The zero-order valence-electron chi connectivity index (χ0n) is 15.6. The van der Waals surface area contributed by atoms with Gasteiger partial charge in [0, 0.05) is 6.42 Å². The zero-order valence-corrected chi connectivity index (χ0v) is 15.6. The van der Waals surface area contributed by atoms with E-state index in [1.807, 2.05) is 54.6 Å². The Morgan fingerprint density at radius 1 is 0.862 bits per heavy atom. The summed E-state index contributed by atoms with van der Waals surface area (Å²) in [4.78, 5) is 25.2. The predicted molar refractivity (Wildman–Crippen MR) is 112 cm³/mol. The number of nitrogens with two attached hydrogens (primary N) is 1. The second-order valence-electron chi connectivity index (χ2n) is 6.92. The minimum Gasteiger partial charge on any atom is -0.368 e. The summed E-state index contributed by atoms with van der Waals surface area (Å²) in [6, 6.07) is 22.3. The van der Waals surface area contributed by atoms with Gasteiger partial charge in [-0.25, -0.2) is 4.39 Å². The number of hydrogen-bond acceptors (Lipinski definition) is 2. The highest BCUT2D eigenvalue weighted by atomic mass is 19.1. The lowest BCUT2D eigenvalue weighted by Gasteiger charge is -2.18. The van der Waals surface area contributed by atoms with Gasteiger partial charge in [0.05, 0.1) is 5.56 Å². The Labute approximate surface area is 167 Å². The fraction of sp³-hybridized carbons (Fsp3) is 0.0833. The molecule has 0 aromatic heterocycles. The van der Waals surface area contributed by atoms with Crippen LogP contribution in [0.4, 0.5) is 4.39 Å². The fourth-order valence-corrected chi connectivity index (χ4v) is 3.60. The van der Waals surface area contributed by atoms with Crippen LogP contribution in [-0.4, -0.2) is 17.9 Å². The van der Waals surface area contributed by atoms with Crippen molar-refractivity contribution in [3.05, 3.63) is 95.8 Å². The van der Waals surface area contributed by atoms with Crippen LogP contribution < -0.4 is 11.1 Å². The van der Waals surface area contributed by atoms with Crippen LogP contribution in [0.2, 0.25) is 0 Å². The average Bonchev–Trinajstić information content (AvgIpc) is 2.72. The van der Waals surface area contributed by atoms with Crippen molar-refractivity contribution in [2.45, 2.75) is 12.5 Å². The highest BCUT2D eigenvalue weighted by Gasteiger charge is 2.23. The summed E-state index contributed by atoms with van der Waals surface area (Å²) in [6.07, 6.45) is -0.0174. The van der Waals surface area contributed by atoms with Crippen molar-refractivity contribution >= 4 is 33.4 Å². The Bertz CT molecular complexity index is 1180. The summed E-state index contributed by atoms with van der Waals surface area (Å²) < 4.78 is 14.0. The molecule has 0 radical (unpaired) electrons. The first-order chi connectivity index (χ1) is 14.0. The molecular weight excluding hydrogens is 367 g/mol. The third kappa shape index (κ3) is 3.67. The third-order valence-corrected chi connectivity index (χ3v) is 5.03. The molecule has 3 N–H and O–H groups in total. The molecule has 0 fully saturated rings. The smallest absolute Gasteiger partial charge is 0.253 e. The second kappa shape index (κ2) is 7.72. The number of hydrogen-bond donors (Lipinski definition) is 2. The zero-order chi connectivity index (χ0) is 20.4. The molecule has 4 nitrogen and oxygen atoms in total. The summed E-state index contributed by atoms with van der Waals surface area (Å²) in [5.74, 6) is -1.58. The van der Waals surface area contributed by atoms with Crippen molar-refractivity contribution in [2.75, 3.05) is 0 Å². The lowest BCUT2D eigenvalue weighted by atomic mass is 9.95. The molecular formula is C24H19FN2O2. The van der Waals surface area contributed by atoms with E-state index in [0.717, 1.165) is 21.5 Å². The number of benzene rings is 4. The van der Waals surface area contributed by atoms with Gasteiger partial charge in [0.2, 0.25) is 5.91 Å². The van der Waals surface area contributed by atoms with Crippen LogP contribution in [0.1, 0.15) is 15.9 Å². The molecule has 0 aliphatic rings. The van der Waals surface area contributed by atoms with Crippen molar-refractivity contribution in [3.63, 3.8) is 0 Å². The molecule has 0 heterocycles. The molecule has 0 saturated heterocycles. The summed E-state index contributed by atoms with van der Waals surface area (Å²) in [7, 11) is 0. The van der Waals surface area contributed by atoms with E-state index in [1.54, 1.807) is 18.2 Å². The standard InChI is InChI=1S/C24H19FN2O2/c25-20-12-6-3-9-17(20)14-21(23(26)28)27-24(29)22-18-10-4-1-7-15(18)13-16-8-2-5-11-19(16)22/h1-13,21H,14H2,(H2,26,28)(H,27,29)/t21-/m0/s1. The van der Waals surface area contributed by atoms with E-state index in [1.165, 1.54) is 6.07 Å². The quantitative estimate of drug-likeness (QED) is 0.510. The topological polar surface area (TPSA) is 72.2 Å². The van der Waals surface area contributed by atoms with Gasteiger partial charge in [-0.1, -0.05) is 66.7 Å². The molecule has 4 aromatic carbocycles. The molecule has 0 bridgehead atoms. The minimum atomic E-state index is -1.03. The third-order valence-electron chi connectivity index (χ3n) is 5.03. The Morgan fingerprint density at radius 3 is 2.00 bits per heavy atom. The molecule has 29 heavy (non-hydrogen) atoms. The Morgan fingerprint density at radius 2 is 1.41 bits per heavy atom. The average molecular weight is 386 g/mol. The van der Waals surface area contributed by atoms with Crippen LogP contribution in [0.3, 0.4) is 0 Å². The highest BCUT2D eigenvalue weighted by Crippen LogP contribution is 2.28. The number of carbonyl (C=O) groups excluding carboxylic acids is 2. The summed E-state index contributed by atoms with van der Waals surface area (Å²) in [5.41, 5.74) is 6.30. The van der Waals surface area contributed by atoms with Gasteiger partial charge in [-0.15, -0.1) is 0 Å². The maximum atomic E-state index is 14.0. The van der Waals surface area contributed by atoms with Crippen molar-refractivity contribution in [1.82, 2.24) is 5.32 Å². The number of nitrogens with one attached hydrogen (secondary N) is 1. The number of amides is 2. The summed E-state index contributed by atoms with van der Waals surface area (Å²) >= 11 is 0. The van der Waals surface area contributed by atoms with Gasteiger partial charge in [0.25, 0.3) is 5.91 Å². The molecule has 0 spiro atoms. The lowest BCUT2D eigenvalue weighted by molar-refractivity contribution is -0.119. The van der Waals surface area contributed by atoms with Crippen LogP contribution in [0.15, 0.2) is 78.9 Å². The van der Waals surface area contributed by atoms with Crippen LogP contribution >= 0.6 is 0 Å². The fourth-order valence-electron chi connectivity index (χ4n) is 3.60. The monoisotopic (exact) mass is 386 g/mol. The molecule has 0 unspecified atom stereocenters. The lowest BCUT2D eigenvalue weighted by Crippen LogP contribution is -2.46. The van der Waals surface area contributed by atoms with E-state index in [4.69, 9.17) is 5.73 Å². The summed E-state index contributed by atoms with van der Waals surface area (Å²) in [6.45, 7) is 0. The maximum Gasteiger partial charge on any atom is 0.253 e. The second-order valence-corrected chi connectivity index (χ2v) is 6.92. The van der Waals surface area contributed by atoms with Gasteiger partial charge in [0.15, 0.2) is 0 Å². The number of primary amides is 1. The van der Waals surface area contributed by atoms with Gasteiger partial charge in [-0.3, -0.25) is 9.59 Å². The van der Waals surface area contributed by atoms with Gasteiger partial charge in [-0.2, -0.15) is 0 Å². The molecule has 0 saturated carbocycles. The first kappa shape index (κ1) is 18.6. The van der Waals surface area contributed by atoms with Crippen LogP contribution in [0.5, 0.6) is 0 Å². The van der Waals surface area contributed by atoms with E-state index < -0.39 is 23.7 Å². The number of rotatable bonds is 5. The Kier molecular flexibility index (Phi) is 4.96. The molecule has 5 heteroatoms. The predicted octanol–water partition coefficient (Wildman–Crippen LogP) is 3.96. The van der Waals surface area contributed by atoms with E-state index >= 15 is 0 Å². The first-order valence-corrected chi connectivity index (χ1v) is 9.28. The molecule has 0 aliphatic heterocycles. The van der Waals surface area contributed by atoms with E-state index in [2.05, 4.69) is 5.32 Å². The van der Waals surface area contributed by atoms with Gasteiger partial charge < -0.3 is 11.1 Å². The SMILES string of the molecule is NC(=O)[C@H](Cc1ccccc1F)NC(=O)c1c2ccccc2cc2ccccc12. The first-order valence-electron chi connectivity index (χ1n) is 9.28. The highest BCUT2D eigenvalue weighted by molar-refractivity contribution is 6.18. The molecule has 144 valence electrons.